The van der Waals surface area contributed by atoms with Gasteiger partial charge in [-0.15, -0.1) is 11.8 Å². The van der Waals surface area contributed by atoms with E-state index in [0.29, 0.717) is 6.54 Å². The van der Waals surface area contributed by atoms with Crippen molar-refractivity contribution in [3.8, 4) is 0 Å². The van der Waals surface area contributed by atoms with Gasteiger partial charge in [-0.05, 0) is 25.0 Å². The number of carbonyl (C=O) groups excluding carboxylic acids is 1. The molecule has 7 heteroatoms. The lowest BCUT2D eigenvalue weighted by molar-refractivity contribution is -0.127. The molecule has 2 aromatic heterocycles. The monoisotopic (exact) mass is 343 g/mol. The van der Waals surface area contributed by atoms with Crippen LogP contribution in [-0.2, 0) is 4.79 Å². The number of nitrogens with one attached hydrogen (secondary N) is 1. The van der Waals surface area contributed by atoms with Gasteiger partial charge in [0.2, 0.25) is 0 Å². The van der Waals surface area contributed by atoms with Crippen LogP contribution in [-0.4, -0.2) is 52.2 Å². The lowest BCUT2D eigenvalue weighted by Crippen LogP contribution is -2.46. The van der Waals surface area contributed by atoms with Crippen LogP contribution in [0.3, 0.4) is 0 Å². The van der Waals surface area contributed by atoms with Gasteiger partial charge in [0.25, 0.3) is 5.91 Å². The van der Waals surface area contributed by atoms with Crippen LogP contribution in [0.4, 0.5) is 5.69 Å². The molecule has 0 unspecified atom stereocenters. The first kappa shape index (κ1) is 15.5. The molecule has 4 rings (SSSR count). The van der Waals surface area contributed by atoms with E-state index in [1.807, 2.05) is 29.4 Å². The molecule has 2 aromatic rings. The number of carbonyl (C=O) groups is 1. The highest BCUT2D eigenvalue weighted by molar-refractivity contribution is 8.04. The lowest BCUT2D eigenvalue weighted by atomic mass is 10.1. The second kappa shape index (κ2) is 6.49. The third-order valence-corrected chi connectivity index (χ3v) is 5.54. The summed E-state index contributed by atoms with van der Waals surface area (Å²) in [7, 11) is 0. The summed E-state index contributed by atoms with van der Waals surface area (Å²) >= 11 is 1.64. The number of anilines is 1. The molecule has 3 N–H and O–H groups in total. The Labute approximate surface area is 145 Å². The minimum absolute atomic E-state index is 0.104. The maximum Gasteiger partial charge on any atom is 0.261 e. The van der Waals surface area contributed by atoms with Gasteiger partial charge in [0.1, 0.15) is 5.65 Å². The zero-order valence-corrected chi connectivity index (χ0v) is 14.3. The van der Waals surface area contributed by atoms with Crippen LogP contribution < -0.4 is 10.6 Å². The highest BCUT2D eigenvalue weighted by Gasteiger charge is 2.26. The molecule has 0 aliphatic carbocycles. The molecule has 6 nitrogen and oxygen atoms in total. The quantitative estimate of drug-likeness (QED) is 0.871. The fraction of sp³-hybridized carbons (Fsp3) is 0.412. The second-order valence-corrected chi connectivity index (χ2v) is 7.40. The highest BCUT2D eigenvalue weighted by atomic mass is 32.2. The van der Waals surface area contributed by atoms with Crippen LogP contribution in [0.15, 0.2) is 35.6 Å². The predicted molar refractivity (Wildman–Crippen MR) is 97.8 cm³/mol. The van der Waals surface area contributed by atoms with E-state index < -0.39 is 0 Å². The van der Waals surface area contributed by atoms with Gasteiger partial charge in [-0.1, -0.05) is 0 Å². The minimum atomic E-state index is 0.104. The van der Waals surface area contributed by atoms with E-state index in [-0.39, 0.29) is 11.9 Å². The van der Waals surface area contributed by atoms with E-state index in [9.17, 15) is 4.79 Å². The summed E-state index contributed by atoms with van der Waals surface area (Å²) < 4.78 is 0. The Kier molecular flexibility index (Phi) is 4.20. The molecule has 2 aliphatic heterocycles. The molecule has 0 bridgehead atoms. The number of fused-ring (bicyclic) bond motifs is 1. The van der Waals surface area contributed by atoms with Crippen LogP contribution >= 0.6 is 11.8 Å². The largest absolute Gasteiger partial charge is 0.346 e. The number of nitrogens with two attached hydrogens (primary N) is 1. The number of likely N-dealkylation sites (tertiary alicyclic amines) is 1. The van der Waals surface area contributed by atoms with E-state index in [1.54, 1.807) is 18.0 Å². The van der Waals surface area contributed by atoms with E-state index in [4.69, 9.17) is 5.73 Å². The summed E-state index contributed by atoms with van der Waals surface area (Å²) in [5, 5.41) is 1.08. The number of H-pyrrole nitrogens is 1. The smallest absolute Gasteiger partial charge is 0.261 e. The molecule has 0 aromatic carbocycles. The van der Waals surface area contributed by atoms with E-state index in [0.717, 1.165) is 53.3 Å². The molecular formula is C17H21N5OS. The van der Waals surface area contributed by atoms with Crippen molar-refractivity contribution in [3.05, 3.63) is 35.6 Å². The SMILES string of the molecule is N[C@H]1CCCN(C(=O)C2=CN(c3ccnc4[nH]ccc34)CCS2)C1. The summed E-state index contributed by atoms with van der Waals surface area (Å²) in [6, 6.07) is 4.13. The number of pyridine rings is 1. The molecule has 0 radical (unpaired) electrons. The maximum atomic E-state index is 12.8. The van der Waals surface area contributed by atoms with Gasteiger partial charge < -0.3 is 20.5 Å². The number of thioether (sulfide) groups is 1. The Morgan fingerprint density at radius 2 is 2.29 bits per heavy atom. The first-order valence-electron chi connectivity index (χ1n) is 8.30. The van der Waals surface area contributed by atoms with Gasteiger partial charge >= 0.3 is 0 Å². The molecule has 4 heterocycles. The van der Waals surface area contributed by atoms with Crippen molar-refractivity contribution in [2.24, 2.45) is 5.73 Å². The summed E-state index contributed by atoms with van der Waals surface area (Å²) in [4.78, 5) is 25.2. The van der Waals surface area contributed by atoms with E-state index in [2.05, 4.69) is 14.9 Å². The molecule has 126 valence electrons. The fourth-order valence-corrected chi connectivity index (χ4v) is 4.31. The number of amides is 1. The molecule has 1 saturated heterocycles. The zero-order chi connectivity index (χ0) is 16.5. The van der Waals surface area contributed by atoms with Gasteiger partial charge in [0, 0.05) is 55.4 Å². The van der Waals surface area contributed by atoms with Gasteiger partial charge in [-0.2, -0.15) is 0 Å². The molecule has 1 fully saturated rings. The van der Waals surface area contributed by atoms with E-state index >= 15 is 0 Å². The third-order valence-electron chi connectivity index (χ3n) is 4.57. The molecule has 1 amide bonds. The van der Waals surface area contributed by atoms with Gasteiger partial charge in [-0.3, -0.25) is 4.79 Å². The number of piperidine rings is 1. The lowest BCUT2D eigenvalue weighted by Gasteiger charge is -2.33. The van der Waals surface area contributed by atoms with Crippen molar-refractivity contribution in [1.29, 1.82) is 0 Å². The topological polar surface area (TPSA) is 78.2 Å². The van der Waals surface area contributed by atoms with Gasteiger partial charge in [0.05, 0.1) is 10.6 Å². The van der Waals surface area contributed by atoms with Crippen LogP contribution in [0.25, 0.3) is 11.0 Å². The van der Waals surface area contributed by atoms with Crippen molar-refractivity contribution in [1.82, 2.24) is 14.9 Å². The predicted octanol–water partition coefficient (Wildman–Crippen LogP) is 1.91. The minimum Gasteiger partial charge on any atom is -0.346 e. The van der Waals surface area contributed by atoms with Crippen molar-refractivity contribution < 1.29 is 4.79 Å². The average molecular weight is 343 g/mol. The highest BCUT2D eigenvalue weighted by Crippen LogP contribution is 2.31. The Morgan fingerprint density at radius 3 is 3.17 bits per heavy atom. The van der Waals surface area contributed by atoms with Crippen LogP contribution in [0, 0.1) is 0 Å². The standard InChI is InChI=1S/C17H21N5OS/c18-12-2-1-7-22(10-12)17(23)15-11-21(8-9-24-15)14-4-6-20-16-13(14)3-5-19-16/h3-6,11-12H,1-2,7-10,18H2,(H,19,20)/t12-/m0/s1. The number of nitrogens with zero attached hydrogens (tertiary/aromatic N) is 3. The summed E-state index contributed by atoms with van der Waals surface area (Å²) in [5.41, 5.74) is 7.98. The van der Waals surface area contributed by atoms with Gasteiger partial charge in [-0.25, -0.2) is 4.98 Å². The second-order valence-electron chi connectivity index (χ2n) is 6.26. The molecule has 1 atom stereocenters. The van der Waals surface area contributed by atoms with Crippen molar-refractivity contribution in [2.75, 3.05) is 30.3 Å². The van der Waals surface area contributed by atoms with E-state index in [1.165, 1.54) is 0 Å². The zero-order valence-electron chi connectivity index (χ0n) is 13.4. The van der Waals surface area contributed by atoms with Crippen molar-refractivity contribution in [2.45, 2.75) is 18.9 Å². The fourth-order valence-electron chi connectivity index (χ4n) is 3.35. The Balaban J connectivity index is 1.61. The van der Waals surface area contributed by atoms with Crippen molar-refractivity contribution in [3.63, 3.8) is 0 Å². The first-order valence-corrected chi connectivity index (χ1v) is 9.29. The summed E-state index contributed by atoms with van der Waals surface area (Å²) in [6.07, 6.45) is 7.67. The molecule has 24 heavy (non-hydrogen) atoms. The maximum absolute atomic E-state index is 12.8. The van der Waals surface area contributed by atoms with Crippen LogP contribution in [0.5, 0.6) is 0 Å². The summed E-state index contributed by atoms with van der Waals surface area (Å²) in [6.45, 7) is 2.35. The number of hydrogen-bond donors (Lipinski definition) is 2. The number of hydrogen-bond acceptors (Lipinski definition) is 5. The summed E-state index contributed by atoms with van der Waals surface area (Å²) in [5.74, 6) is 1.00. The number of rotatable bonds is 2. The molecule has 0 spiro atoms. The third kappa shape index (κ3) is 2.89. The Morgan fingerprint density at radius 1 is 1.38 bits per heavy atom. The number of aromatic nitrogens is 2. The van der Waals surface area contributed by atoms with Crippen LogP contribution in [0.1, 0.15) is 12.8 Å². The van der Waals surface area contributed by atoms with Crippen LogP contribution in [0.2, 0.25) is 0 Å². The van der Waals surface area contributed by atoms with Gasteiger partial charge in [0.15, 0.2) is 0 Å². The molecular weight excluding hydrogens is 322 g/mol. The first-order chi connectivity index (χ1) is 11.7. The van der Waals surface area contributed by atoms with Crippen molar-refractivity contribution >= 4 is 34.4 Å². The Bertz CT molecular complexity index is 786. The molecule has 2 aliphatic rings. The Hall–Kier alpha value is -1.99. The average Bonchev–Trinajstić information content (AvgIpc) is 3.10. The number of aromatic amines is 1. The molecule has 0 saturated carbocycles. The normalized spacial score (nSPS) is 21.9.